The van der Waals surface area contributed by atoms with Gasteiger partial charge in [0.2, 0.25) is 0 Å². The normalized spacial score (nSPS) is 23.8. The molecule has 98 valence electrons. The van der Waals surface area contributed by atoms with Gasteiger partial charge in [-0.1, -0.05) is 59.8 Å². The molecule has 0 saturated carbocycles. The molecular weight excluding hydrogens is 275 g/mol. The molecule has 2 aromatic rings. The topological polar surface area (TPSA) is 6.48 Å². The van der Waals surface area contributed by atoms with Crippen LogP contribution in [0.3, 0.4) is 0 Å². The molecule has 2 atom stereocenters. The second-order valence-corrected chi connectivity index (χ2v) is 7.16. The zero-order valence-corrected chi connectivity index (χ0v) is 12.4. The average molecular weight is 291 g/mol. The molecule has 1 aliphatic rings. The quantitative estimate of drug-likeness (QED) is 0.743. The van der Waals surface area contributed by atoms with Gasteiger partial charge in [-0.3, -0.25) is 0 Å². The number of rotatable bonds is 2. The number of halogens is 1. The summed E-state index contributed by atoms with van der Waals surface area (Å²) in [6.07, 6.45) is 0. The van der Waals surface area contributed by atoms with Crippen LogP contribution in [-0.2, 0) is 0 Å². The molecule has 0 aromatic heterocycles. The first-order valence-corrected chi connectivity index (χ1v) is 8.48. The smallest absolute Gasteiger partial charge is 0.169 e. The van der Waals surface area contributed by atoms with E-state index < -0.39 is 7.58 Å². The maximum Gasteiger partial charge on any atom is 0.169 e. The van der Waals surface area contributed by atoms with Crippen molar-refractivity contribution in [2.75, 3.05) is 18.3 Å². The molecule has 3 rings (SSSR count). The maximum absolute atomic E-state index is 6.62. The first-order chi connectivity index (χ1) is 9.27. The SMILES string of the molecule is CN1[C@@H](c2ccccc2)CN(c2ccccc2)P1Cl. The van der Waals surface area contributed by atoms with E-state index in [2.05, 4.69) is 71.0 Å². The Morgan fingerprint density at radius 3 is 2.21 bits per heavy atom. The van der Waals surface area contributed by atoms with Crippen LogP contribution in [-0.4, -0.2) is 18.3 Å². The molecule has 1 saturated heterocycles. The van der Waals surface area contributed by atoms with Crippen LogP contribution in [0.25, 0.3) is 0 Å². The van der Waals surface area contributed by atoms with Crippen LogP contribution in [0.2, 0.25) is 0 Å². The van der Waals surface area contributed by atoms with E-state index in [9.17, 15) is 0 Å². The van der Waals surface area contributed by atoms with Gasteiger partial charge in [0.15, 0.2) is 7.58 Å². The Kier molecular flexibility index (Phi) is 3.74. The highest BCUT2D eigenvalue weighted by molar-refractivity contribution is 7.83. The summed E-state index contributed by atoms with van der Waals surface area (Å²) in [4.78, 5) is 0. The summed E-state index contributed by atoms with van der Waals surface area (Å²) in [5.41, 5.74) is 2.53. The second-order valence-electron chi connectivity index (χ2n) is 4.66. The third kappa shape index (κ3) is 2.49. The van der Waals surface area contributed by atoms with Crippen LogP contribution in [0.4, 0.5) is 5.69 Å². The number of hydrogen-bond acceptors (Lipinski definition) is 2. The van der Waals surface area contributed by atoms with E-state index in [1.807, 2.05) is 6.07 Å². The van der Waals surface area contributed by atoms with Crippen LogP contribution in [0.5, 0.6) is 0 Å². The third-order valence-electron chi connectivity index (χ3n) is 3.50. The molecule has 0 aliphatic carbocycles. The summed E-state index contributed by atoms with van der Waals surface area (Å²) >= 11 is 6.62. The van der Waals surface area contributed by atoms with Crippen molar-refractivity contribution < 1.29 is 0 Å². The maximum atomic E-state index is 6.62. The number of para-hydroxylation sites is 1. The van der Waals surface area contributed by atoms with E-state index in [1.54, 1.807) is 0 Å². The Morgan fingerprint density at radius 1 is 1.00 bits per heavy atom. The molecule has 0 spiro atoms. The van der Waals surface area contributed by atoms with E-state index in [0.717, 1.165) is 6.54 Å². The molecule has 0 bridgehead atoms. The molecule has 0 N–H and O–H groups in total. The van der Waals surface area contributed by atoms with Gasteiger partial charge in [-0.2, -0.15) is 0 Å². The van der Waals surface area contributed by atoms with Crippen LogP contribution in [0.15, 0.2) is 60.7 Å². The highest BCUT2D eigenvalue weighted by Crippen LogP contribution is 2.59. The van der Waals surface area contributed by atoms with Crippen molar-refractivity contribution in [3.8, 4) is 0 Å². The van der Waals surface area contributed by atoms with Crippen LogP contribution >= 0.6 is 18.8 Å². The number of hydrogen-bond donors (Lipinski definition) is 0. The fourth-order valence-electron chi connectivity index (χ4n) is 2.43. The molecular formula is C15H16ClN2P. The van der Waals surface area contributed by atoms with Gasteiger partial charge >= 0.3 is 0 Å². The largest absolute Gasteiger partial charge is 0.324 e. The zero-order valence-electron chi connectivity index (χ0n) is 10.8. The predicted octanol–water partition coefficient (Wildman–Crippen LogP) is 4.65. The van der Waals surface area contributed by atoms with Crippen LogP contribution in [0.1, 0.15) is 11.6 Å². The fourth-order valence-corrected chi connectivity index (χ4v) is 4.59. The molecule has 1 aliphatic heterocycles. The van der Waals surface area contributed by atoms with Gasteiger partial charge in [-0.15, -0.1) is 0 Å². The number of anilines is 1. The summed E-state index contributed by atoms with van der Waals surface area (Å²) in [5.74, 6) is 0. The molecule has 0 amide bonds. The lowest BCUT2D eigenvalue weighted by Gasteiger charge is -2.23. The Labute approximate surface area is 120 Å². The first-order valence-electron chi connectivity index (χ1n) is 6.33. The summed E-state index contributed by atoms with van der Waals surface area (Å²) in [6, 6.07) is 21.4. The van der Waals surface area contributed by atoms with E-state index in [0.29, 0.717) is 6.04 Å². The van der Waals surface area contributed by atoms with Crippen molar-refractivity contribution in [1.29, 1.82) is 0 Å². The van der Waals surface area contributed by atoms with Crippen molar-refractivity contribution in [3.63, 3.8) is 0 Å². The summed E-state index contributed by atoms with van der Waals surface area (Å²) < 4.78 is 4.58. The highest BCUT2D eigenvalue weighted by atomic mass is 35.7. The Hall–Kier alpha value is -1.08. The molecule has 2 aromatic carbocycles. The van der Waals surface area contributed by atoms with E-state index in [4.69, 9.17) is 11.2 Å². The Bertz CT molecular complexity index is 485. The van der Waals surface area contributed by atoms with Crippen molar-refractivity contribution in [1.82, 2.24) is 4.67 Å². The predicted molar refractivity (Wildman–Crippen MR) is 83.5 cm³/mol. The minimum absolute atomic E-state index is 0.366. The standard InChI is InChI=1S/C15H16ClN2P/c1-17-15(13-8-4-2-5-9-13)12-18(19(17)16)14-10-6-3-7-11-14/h2-11,15H,12H2,1H3/t15-,19?/m1/s1. The van der Waals surface area contributed by atoms with Crippen molar-refractivity contribution in [2.24, 2.45) is 0 Å². The Morgan fingerprint density at radius 2 is 1.58 bits per heavy atom. The molecule has 1 fully saturated rings. The molecule has 19 heavy (non-hydrogen) atoms. The van der Waals surface area contributed by atoms with Crippen LogP contribution in [0, 0.1) is 0 Å². The molecule has 1 unspecified atom stereocenters. The van der Waals surface area contributed by atoms with Gasteiger partial charge in [0.1, 0.15) is 0 Å². The summed E-state index contributed by atoms with van der Waals surface area (Å²) in [5, 5.41) is 0. The van der Waals surface area contributed by atoms with Gasteiger partial charge in [0, 0.05) is 12.2 Å². The summed E-state index contributed by atoms with van der Waals surface area (Å²) in [7, 11) is 1.32. The highest BCUT2D eigenvalue weighted by Gasteiger charge is 2.37. The first kappa shape index (κ1) is 12.9. The van der Waals surface area contributed by atoms with Crippen molar-refractivity contribution >= 4 is 24.5 Å². The lowest BCUT2D eigenvalue weighted by molar-refractivity contribution is 0.454. The lowest BCUT2D eigenvalue weighted by Crippen LogP contribution is -2.16. The number of nitrogens with zero attached hydrogens (tertiary/aromatic N) is 2. The molecule has 1 heterocycles. The van der Waals surface area contributed by atoms with Gasteiger partial charge in [-0.05, 0) is 24.7 Å². The van der Waals surface area contributed by atoms with Gasteiger partial charge in [0.25, 0.3) is 0 Å². The number of likely N-dealkylation sites (N-methyl/N-ethyl adjacent to an activating group) is 1. The average Bonchev–Trinajstić information content (AvgIpc) is 2.77. The van der Waals surface area contributed by atoms with Crippen molar-refractivity contribution in [3.05, 3.63) is 66.2 Å². The van der Waals surface area contributed by atoms with Crippen LogP contribution < -0.4 is 4.67 Å². The minimum Gasteiger partial charge on any atom is -0.324 e. The van der Waals surface area contributed by atoms with Gasteiger partial charge in [0.05, 0.1) is 6.04 Å². The molecule has 2 nitrogen and oxygen atoms in total. The summed E-state index contributed by atoms with van der Waals surface area (Å²) in [6.45, 7) is 0.944. The third-order valence-corrected chi connectivity index (χ3v) is 6.35. The van der Waals surface area contributed by atoms with Gasteiger partial charge in [-0.25, -0.2) is 4.67 Å². The van der Waals surface area contributed by atoms with E-state index >= 15 is 0 Å². The molecule has 0 radical (unpaired) electrons. The number of benzene rings is 2. The van der Waals surface area contributed by atoms with Crippen molar-refractivity contribution in [2.45, 2.75) is 6.04 Å². The van der Waals surface area contributed by atoms with E-state index in [-0.39, 0.29) is 0 Å². The Balaban J connectivity index is 1.88. The lowest BCUT2D eigenvalue weighted by atomic mass is 10.1. The van der Waals surface area contributed by atoms with Gasteiger partial charge < -0.3 is 4.67 Å². The second kappa shape index (κ2) is 5.50. The fraction of sp³-hybridized carbons (Fsp3) is 0.200. The van der Waals surface area contributed by atoms with E-state index in [1.165, 1.54) is 11.3 Å². The zero-order chi connectivity index (χ0) is 13.2. The minimum atomic E-state index is -0.790. The molecule has 4 heteroatoms. The monoisotopic (exact) mass is 290 g/mol.